The lowest BCUT2D eigenvalue weighted by Crippen LogP contribution is -2.18. The Bertz CT molecular complexity index is 1660. The van der Waals surface area contributed by atoms with Crippen LogP contribution in [-0.2, 0) is 10.0 Å². The number of carbonyl (C=O) groups excluding carboxylic acids is 1. The Kier molecular flexibility index (Phi) is 8.17. The second kappa shape index (κ2) is 11.7. The number of amides is 1. The summed E-state index contributed by atoms with van der Waals surface area (Å²) >= 11 is 0. The van der Waals surface area contributed by atoms with Crippen LogP contribution >= 0.6 is 0 Å². The highest BCUT2D eigenvalue weighted by atomic mass is 32.2. The molecule has 206 valence electrons. The maximum absolute atomic E-state index is 13.5. The van der Waals surface area contributed by atoms with Crippen LogP contribution in [0.2, 0.25) is 0 Å². The smallest absolute Gasteiger partial charge is 0.265 e. The van der Waals surface area contributed by atoms with Gasteiger partial charge in [0.15, 0.2) is 23.0 Å². The predicted molar refractivity (Wildman–Crippen MR) is 143 cm³/mol. The van der Waals surface area contributed by atoms with Crippen molar-refractivity contribution < 1.29 is 36.9 Å². The highest BCUT2D eigenvalue weighted by molar-refractivity contribution is 7.92. The summed E-state index contributed by atoms with van der Waals surface area (Å²) in [4.78, 5) is 12.8. The second-order valence-electron chi connectivity index (χ2n) is 8.11. The molecule has 0 fully saturated rings. The van der Waals surface area contributed by atoms with Gasteiger partial charge >= 0.3 is 0 Å². The Labute approximate surface area is 230 Å². The molecule has 0 aliphatic carbocycles. The van der Waals surface area contributed by atoms with Gasteiger partial charge in [-0.05, 0) is 32.0 Å². The van der Waals surface area contributed by atoms with Crippen molar-refractivity contribution >= 4 is 27.3 Å². The van der Waals surface area contributed by atoms with Crippen LogP contribution in [0.5, 0.6) is 28.7 Å². The van der Waals surface area contributed by atoms with Crippen LogP contribution in [0.15, 0.2) is 47.4 Å². The lowest BCUT2D eigenvalue weighted by atomic mass is 10.1. The molecule has 0 spiro atoms. The highest BCUT2D eigenvalue weighted by Gasteiger charge is 2.25. The lowest BCUT2D eigenvalue weighted by molar-refractivity contribution is 0.102. The first-order valence-electron chi connectivity index (χ1n) is 11.9. The Morgan fingerprint density at radius 3 is 2.15 bits per heavy atom. The van der Waals surface area contributed by atoms with Gasteiger partial charge in [0.2, 0.25) is 6.79 Å². The maximum Gasteiger partial charge on any atom is 0.265 e. The zero-order valence-corrected chi connectivity index (χ0v) is 22.5. The van der Waals surface area contributed by atoms with Crippen molar-refractivity contribution in [3.63, 3.8) is 0 Å². The second-order valence-corrected chi connectivity index (χ2v) is 9.76. The number of methoxy groups -OCH3 is 1. The molecule has 0 saturated carbocycles. The molecule has 4 rings (SSSR count). The van der Waals surface area contributed by atoms with E-state index in [0.717, 1.165) is 6.07 Å². The fourth-order valence-electron chi connectivity index (χ4n) is 3.83. The molecule has 0 radical (unpaired) electrons. The van der Waals surface area contributed by atoms with Crippen molar-refractivity contribution in [3.8, 4) is 40.9 Å². The number of carbonyl (C=O) groups is 1. The Morgan fingerprint density at radius 1 is 0.900 bits per heavy atom. The van der Waals surface area contributed by atoms with Gasteiger partial charge in [-0.1, -0.05) is 0 Å². The van der Waals surface area contributed by atoms with Crippen molar-refractivity contribution in [2.45, 2.75) is 18.7 Å². The number of hydrogen-bond acceptors (Lipinski definition) is 10. The van der Waals surface area contributed by atoms with E-state index in [9.17, 15) is 23.7 Å². The first-order valence-corrected chi connectivity index (χ1v) is 13.4. The molecule has 3 aromatic carbocycles. The number of fused-ring (bicyclic) bond motifs is 1. The first-order chi connectivity index (χ1) is 19.2. The molecule has 1 aliphatic heterocycles. The van der Waals surface area contributed by atoms with Crippen LogP contribution in [0, 0.1) is 22.7 Å². The number of nitrogens with zero attached hydrogens (tertiary/aromatic N) is 2. The highest BCUT2D eigenvalue weighted by Crippen LogP contribution is 2.38. The van der Waals surface area contributed by atoms with E-state index in [-0.39, 0.29) is 57.9 Å². The van der Waals surface area contributed by atoms with Gasteiger partial charge in [-0.2, -0.15) is 10.5 Å². The number of hydrogen-bond donors (Lipinski definition) is 2. The van der Waals surface area contributed by atoms with Gasteiger partial charge in [0.1, 0.15) is 22.8 Å². The van der Waals surface area contributed by atoms with Gasteiger partial charge in [-0.3, -0.25) is 9.52 Å². The minimum Gasteiger partial charge on any atom is -0.495 e. The molecule has 0 bridgehead atoms. The van der Waals surface area contributed by atoms with E-state index in [0.29, 0.717) is 23.9 Å². The molecule has 2 N–H and O–H groups in total. The van der Waals surface area contributed by atoms with Crippen molar-refractivity contribution in [2.75, 3.05) is 37.2 Å². The fraction of sp³-hybridized carbons (Fsp3) is 0.222. The number of nitrogens with one attached hydrogen (secondary N) is 2. The SMILES string of the molecule is CCOc1cc(C#N)c(NS(=O)(=O)c2cc(C(=O)Nc3cc4c(cc3C#N)OCO4)ccc2OC)cc1OCC. The molecule has 1 heterocycles. The van der Waals surface area contributed by atoms with Gasteiger partial charge in [-0.15, -0.1) is 0 Å². The van der Waals surface area contributed by atoms with Crippen LogP contribution in [0.25, 0.3) is 0 Å². The minimum absolute atomic E-state index is 0.00446. The third-order valence-electron chi connectivity index (χ3n) is 5.65. The van der Waals surface area contributed by atoms with Crippen LogP contribution in [0.4, 0.5) is 11.4 Å². The lowest BCUT2D eigenvalue weighted by Gasteiger charge is -2.17. The molecule has 0 atom stereocenters. The quantitative estimate of drug-likeness (QED) is 0.367. The monoisotopic (exact) mass is 564 g/mol. The number of anilines is 2. The predicted octanol–water partition coefficient (Wildman–Crippen LogP) is 4.02. The normalized spacial score (nSPS) is 11.6. The molecule has 13 heteroatoms. The zero-order valence-electron chi connectivity index (χ0n) is 21.7. The fourth-order valence-corrected chi connectivity index (χ4v) is 5.10. The minimum atomic E-state index is -4.39. The van der Waals surface area contributed by atoms with E-state index in [4.69, 9.17) is 23.7 Å². The number of nitriles is 2. The topological polar surface area (TPSA) is 169 Å². The molecule has 3 aromatic rings. The number of sulfonamides is 1. The van der Waals surface area contributed by atoms with Gasteiger partial charge in [0, 0.05) is 29.8 Å². The Hall–Kier alpha value is -5.14. The third-order valence-corrected chi connectivity index (χ3v) is 7.03. The van der Waals surface area contributed by atoms with Gasteiger partial charge < -0.3 is 29.0 Å². The summed E-state index contributed by atoms with van der Waals surface area (Å²) in [5.41, 5.74) is 0.197. The number of benzene rings is 3. The number of rotatable bonds is 10. The molecular formula is C27H24N4O8S. The standard InChI is InChI=1S/C27H24N4O8S/c1-4-36-22-9-18(14-29)20(12-24(22)37-5-2)31-40(33,34)26-10-16(6-7-21(26)35-3)27(32)30-19-11-25-23(38-15-39-25)8-17(19)13-28/h6-12,31H,4-5,15H2,1-3H3,(H,30,32). The summed E-state index contributed by atoms with van der Waals surface area (Å²) in [6.07, 6.45) is 0. The van der Waals surface area contributed by atoms with E-state index in [1.54, 1.807) is 13.8 Å². The molecular weight excluding hydrogens is 540 g/mol. The Balaban J connectivity index is 1.69. The number of ether oxygens (including phenoxy) is 5. The first kappa shape index (κ1) is 27.9. The van der Waals surface area contributed by atoms with Crippen molar-refractivity contribution in [1.82, 2.24) is 0 Å². The molecule has 1 amide bonds. The van der Waals surface area contributed by atoms with Crippen LogP contribution < -0.4 is 33.7 Å². The average Bonchev–Trinajstić information content (AvgIpc) is 3.40. The average molecular weight is 565 g/mol. The molecule has 0 unspecified atom stereocenters. The van der Waals surface area contributed by atoms with Crippen LogP contribution in [-0.4, -0.2) is 41.4 Å². The largest absolute Gasteiger partial charge is 0.495 e. The molecule has 40 heavy (non-hydrogen) atoms. The van der Waals surface area contributed by atoms with Crippen LogP contribution in [0.1, 0.15) is 35.3 Å². The van der Waals surface area contributed by atoms with E-state index >= 15 is 0 Å². The summed E-state index contributed by atoms with van der Waals surface area (Å²) in [6.45, 7) is 4.09. The molecule has 1 aliphatic rings. The molecule has 0 saturated heterocycles. The van der Waals surface area contributed by atoms with E-state index in [2.05, 4.69) is 10.0 Å². The summed E-state index contributed by atoms with van der Waals surface area (Å²) in [6, 6.07) is 13.4. The van der Waals surface area contributed by atoms with Gasteiger partial charge in [0.25, 0.3) is 15.9 Å². The molecule has 0 aromatic heterocycles. The van der Waals surface area contributed by atoms with Crippen molar-refractivity contribution in [3.05, 3.63) is 59.2 Å². The van der Waals surface area contributed by atoms with Crippen molar-refractivity contribution in [1.29, 1.82) is 10.5 Å². The van der Waals surface area contributed by atoms with Gasteiger partial charge in [-0.25, -0.2) is 8.42 Å². The zero-order chi connectivity index (χ0) is 28.9. The van der Waals surface area contributed by atoms with Crippen molar-refractivity contribution in [2.24, 2.45) is 0 Å². The van der Waals surface area contributed by atoms with Crippen LogP contribution in [0.3, 0.4) is 0 Å². The summed E-state index contributed by atoms with van der Waals surface area (Å²) in [7, 11) is -3.10. The van der Waals surface area contributed by atoms with E-state index in [1.807, 2.05) is 12.1 Å². The summed E-state index contributed by atoms with van der Waals surface area (Å²) in [5, 5.41) is 21.8. The Morgan fingerprint density at radius 2 is 1.52 bits per heavy atom. The van der Waals surface area contributed by atoms with Gasteiger partial charge in [0.05, 0.1) is 42.8 Å². The van der Waals surface area contributed by atoms with E-state index < -0.39 is 15.9 Å². The summed E-state index contributed by atoms with van der Waals surface area (Å²) < 4.78 is 56.3. The maximum atomic E-state index is 13.5. The van der Waals surface area contributed by atoms with E-state index in [1.165, 1.54) is 43.5 Å². The summed E-state index contributed by atoms with van der Waals surface area (Å²) in [5.74, 6) is 0.535. The third kappa shape index (κ3) is 5.65. The molecule has 12 nitrogen and oxygen atoms in total.